The lowest BCUT2D eigenvalue weighted by Crippen LogP contribution is -2.31. The maximum absolute atomic E-state index is 5.84. The van der Waals surface area contributed by atoms with Crippen LogP contribution in [0.2, 0.25) is 0 Å². The van der Waals surface area contributed by atoms with Crippen LogP contribution in [0.15, 0.2) is 42.6 Å². The molecule has 1 atom stereocenters. The van der Waals surface area contributed by atoms with Gasteiger partial charge in [0.1, 0.15) is 0 Å². The third-order valence-electron chi connectivity index (χ3n) is 3.03. The summed E-state index contributed by atoms with van der Waals surface area (Å²) in [6.45, 7) is 3.23. The maximum atomic E-state index is 5.84. The van der Waals surface area contributed by atoms with Crippen molar-refractivity contribution in [3.05, 3.63) is 48.2 Å². The van der Waals surface area contributed by atoms with Crippen LogP contribution < -0.4 is 15.8 Å². The lowest BCUT2D eigenvalue weighted by atomic mass is 10.1. The molecule has 0 aliphatic heterocycles. The van der Waals surface area contributed by atoms with Crippen molar-refractivity contribution < 1.29 is 4.74 Å². The molecule has 21 heavy (non-hydrogen) atoms. The summed E-state index contributed by atoms with van der Waals surface area (Å²) in [4.78, 5) is 8.56. The first-order valence-corrected chi connectivity index (χ1v) is 7.28. The summed E-state index contributed by atoms with van der Waals surface area (Å²) < 4.78 is 5.51. The molecule has 1 aromatic carbocycles. The molecular formula is C16H22N4O. The first-order valence-electron chi connectivity index (χ1n) is 7.28. The number of hydrogen-bond donors (Lipinski definition) is 2. The molecule has 0 saturated carbocycles. The number of ether oxygens (including phenoxy) is 1. The Morgan fingerprint density at radius 3 is 2.76 bits per heavy atom. The van der Waals surface area contributed by atoms with Crippen molar-refractivity contribution >= 4 is 5.95 Å². The average molecular weight is 286 g/mol. The van der Waals surface area contributed by atoms with Gasteiger partial charge in [-0.1, -0.05) is 37.3 Å². The molecule has 0 aliphatic rings. The topological polar surface area (TPSA) is 73.1 Å². The van der Waals surface area contributed by atoms with Crippen LogP contribution in [0.25, 0.3) is 0 Å². The van der Waals surface area contributed by atoms with Gasteiger partial charge in [-0.2, -0.15) is 4.98 Å². The Kier molecular flexibility index (Phi) is 5.97. The Balaban J connectivity index is 1.98. The number of benzene rings is 1. The molecular weight excluding hydrogens is 264 g/mol. The minimum atomic E-state index is 0.0915. The highest BCUT2D eigenvalue weighted by Gasteiger charge is 2.09. The fraction of sp³-hybridized carbons (Fsp3) is 0.375. The van der Waals surface area contributed by atoms with Crippen LogP contribution in [0.5, 0.6) is 5.88 Å². The number of nitrogens with one attached hydrogen (secondary N) is 1. The fourth-order valence-corrected chi connectivity index (χ4v) is 1.97. The summed E-state index contributed by atoms with van der Waals surface area (Å²) >= 11 is 0. The van der Waals surface area contributed by atoms with Gasteiger partial charge in [0.15, 0.2) is 0 Å². The maximum Gasteiger partial charge on any atom is 0.226 e. The van der Waals surface area contributed by atoms with Gasteiger partial charge >= 0.3 is 0 Å². The second kappa shape index (κ2) is 8.21. The number of rotatable bonds is 8. The second-order valence-electron chi connectivity index (χ2n) is 4.83. The highest BCUT2D eigenvalue weighted by molar-refractivity contribution is 5.30. The molecule has 3 N–H and O–H groups in total. The third kappa shape index (κ3) is 5.04. The van der Waals surface area contributed by atoms with Gasteiger partial charge in [-0.3, -0.25) is 0 Å². The highest BCUT2D eigenvalue weighted by Crippen LogP contribution is 2.11. The van der Waals surface area contributed by atoms with Gasteiger partial charge in [0.05, 0.1) is 6.61 Å². The van der Waals surface area contributed by atoms with E-state index in [9.17, 15) is 0 Å². The van der Waals surface area contributed by atoms with E-state index in [-0.39, 0.29) is 6.04 Å². The van der Waals surface area contributed by atoms with Crippen LogP contribution in [0.4, 0.5) is 5.95 Å². The molecule has 2 aromatic rings. The molecule has 0 bridgehead atoms. The molecule has 112 valence electrons. The first kappa shape index (κ1) is 15.3. The molecule has 1 heterocycles. The molecule has 5 heteroatoms. The number of nitrogens with two attached hydrogens (primary N) is 1. The summed E-state index contributed by atoms with van der Waals surface area (Å²) in [5, 5.41) is 3.27. The van der Waals surface area contributed by atoms with Crippen molar-refractivity contribution in [3.8, 4) is 5.88 Å². The van der Waals surface area contributed by atoms with Crippen molar-refractivity contribution in [2.75, 3.05) is 18.5 Å². The zero-order valence-corrected chi connectivity index (χ0v) is 12.3. The van der Waals surface area contributed by atoms with E-state index in [2.05, 4.69) is 34.3 Å². The Bertz CT molecular complexity index is 533. The van der Waals surface area contributed by atoms with Gasteiger partial charge in [-0.15, -0.1) is 0 Å². The largest absolute Gasteiger partial charge is 0.478 e. The van der Waals surface area contributed by atoms with Crippen molar-refractivity contribution in [1.29, 1.82) is 0 Å². The normalized spacial score (nSPS) is 11.9. The minimum absolute atomic E-state index is 0.0915. The molecule has 0 radical (unpaired) electrons. The molecule has 0 saturated heterocycles. The Morgan fingerprint density at radius 1 is 1.24 bits per heavy atom. The molecule has 0 amide bonds. The molecule has 1 aromatic heterocycles. The van der Waals surface area contributed by atoms with Gasteiger partial charge in [0.25, 0.3) is 0 Å². The van der Waals surface area contributed by atoms with E-state index in [1.54, 1.807) is 12.3 Å². The summed E-state index contributed by atoms with van der Waals surface area (Å²) in [6, 6.07) is 12.1. The molecule has 5 nitrogen and oxygen atoms in total. The minimum Gasteiger partial charge on any atom is -0.478 e. The van der Waals surface area contributed by atoms with Gasteiger partial charge in [0, 0.05) is 24.8 Å². The average Bonchev–Trinajstić information content (AvgIpc) is 2.53. The smallest absolute Gasteiger partial charge is 0.226 e. The number of anilines is 1. The molecule has 0 spiro atoms. The fourth-order valence-electron chi connectivity index (χ4n) is 1.97. The summed E-state index contributed by atoms with van der Waals surface area (Å²) in [7, 11) is 0. The van der Waals surface area contributed by atoms with E-state index >= 15 is 0 Å². The standard InChI is InChI=1S/C16H22N4O/c1-2-10-21-15-8-9-18-16(20-15)19-14(12-17)11-13-6-4-3-5-7-13/h3-9,14H,2,10-12,17H2,1H3,(H,18,19,20). The number of aromatic nitrogens is 2. The summed E-state index contributed by atoms with van der Waals surface area (Å²) in [5.74, 6) is 1.14. The Hall–Kier alpha value is -2.14. The molecule has 0 fully saturated rings. The van der Waals surface area contributed by atoms with E-state index in [1.807, 2.05) is 18.2 Å². The monoisotopic (exact) mass is 286 g/mol. The van der Waals surface area contributed by atoms with Crippen LogP contribution in [-0.2, 0) is 6.42 Å². The van der Waals surface area contributed by atoms with Gasteiger partial charge in [-0.05, 0) is 18.4 Å². The van der Waals surface area contributed by atoms with Crippen LogP contribution in [0.3, 0.4) is 0 Å². The summed E-state index contributed by atoms with van der Waals surface area (Å²) in [5.41, 5.74) is 7.07. The predicted octanol–water partition coefficient (Wildman–Crippen LogP) is 2.25. The zero-order chi connectivity index (χ0) is 14.9. The van der Waals surface area contributed by atoms with E-state index in [0.717, 1.165) is 12.8 Å². The van der Waals surface area contributed by atoms with E-state index in [0.29, 0.717) is 25.0 Å². The van der Waals surface area contributed by atoms with Crippen LogP contribution in [0, 0.1) is 0 Å². The molecule has 2 rings (SSSR count). The molecule has 0 aliphatic carbocycles. The molecule has 1 unspecified atom stereocenters. The van der Waals surface area contributed by atoms with Crippen LogP contribution >= 0.6 is 0 Å². The van der Waals surface area contributed by atoms with Crippen molar-refractivity contribution in [3.63, 3.8) is 0 Å². The van der Waals surface area contributed by atoms with Gasteiger partial charge in [-0.25, -0.2) is 4.98 Å². The SMILES string of the molecule is CCCOc1ccnc(NC(CN)Cc2ccccc2)n1. The van der Waals surface area contributed by atoms with E-state index in [1.165, 1.54) is 5.56 Å². The quantitative estimate of drug-likeness (QED) is 0.778. The number of nitrogens with zero attached hydrogens (tertiary/aromatic N) is 2. The Labute approximate surface area is 125 Å². The van der Waals surface area contributed by atoms with Crippen LogP contribution in [-0.4, -0.2) is 29.2 Å². The lowest BCUT2D eigenvalue weighted by Gasteiger charge is -2.17. The lowest BCUT2D eigenvalue weighted by molar-refractivity contribution is 0.305. The predicted molar refractivity (Wildman–Crippen MR) is 84.4 cm³/mol. The second-order valence-corrected chi connectivity index (χ2v) is 4.83. The number of hydrogen-bond acceptors (Lipinski definition) is 5. The highest BCUT2D eigenvalue weighted by atomic mass is 16.5. The first-order chi connectivity index (χ1) is 10.3. The third-order valence-corrected chi connectivity index (χ3v) is 3.03. The van der Waals surface area contributed by atoms with Crippen LogP contribution in [0.1, 0.15) is 18.9 Å². The Morgan fingerprint density at radius 2 is 2.05 bits per heavy atom. The van der Waals surface area contributed by atoms with Gasteiger partial charge in [0.2, 0.25) is 11.8 Å². The van der Waals surface area contributed by atoms with E-state index < -0.39 is 0 Å². The summed E-state index contributed by atoms with van der Waals surface area (Å²) in [6.07, 6.45) is 3.48. The van der Waals surface area contributed by atoms with Crippen molar-refractivity contribution in [1.82, 2.24) is 9.97 Å². The van der Waals surface area contributed by atoms with E-state index in [4.69, 9.17) is 10.5 Å². The van der Waals surface area contributed by atoms with Crippen molar-refractivity contribution in [2.45, 2.75) is 25.8 Å². The zero-order valence-electron chi connectivity index (χ0n) is 12.3. The van der Waals surface area contributed by atoms with Crippen molar-refractivity contribution in [2.24, 2.45) is 5.73 Å². The van der Waals surface area contributed by atoms with Gasteiger partial charge < -0.3 is 15.8 Å².